The van der Waals surface area contributed by atoms with Crippen molar-refractivity contribution in [2.75, 3.05) is 29.9 Å². The molecule has 11 heteroatoms. The lowest BCUT2D eigenvalue weighted by molar-refractivity contribution is -0.108. The molecule has 3 amide bonds. The zero-order chi connectivity index (χ0) is 29.4. The number of fused-ring (bicyclic) bond motifs is 7. The zero-order valence-corrected chi connectivity index (χ0v) is 25.6. The summed E-state index contributed by atoms with van der Waals surface area (Å²) in [4.78, 5) is 47.7. The van der Waals surface area contributed by atoms with Crippen LogP contribution in [-0.4, -0.2) is 54.9 Å². The third-order valence-electron chi connectivity index (χ3n) is 9.12. The van der Waals surface area contributed by atoms with Crippen LogP contribution in [0, 0.1) is 0 Å². The molecular weight excluding hydrogens is 643 g/mol. The summed E-state index contributed by atoms with van der Waals surface area (Å²) < 4.78 is 7.18. The highest BCUT2D eigenvalue weighted by Gasteiger charge is 2.70. The van der Waals surface area contributed by atoms with Crippen LogP contribution >= 0.6 is 39.1 Å². The smallest absolute Gasteiger partial charge is 0.261 e. The Morgan fingerprint density at radius 2 is 1.83 bits per heavy atom. The van der Waals surface area contributed by atoms with E-state index in [-0.39, 0.29) is 24.8 Å². The number of amides is 3. The molecule has 214 valence electrons. The molecule has 0 fully saturated rings. The van der Waals surface area contributed by atoms with Crippen LogP contribution in [0.3, 0.4) is 0 Å². The van der Waals surface area contributed by atoms with Crippen molar-refractivity contribution < 1.29 is 19.1 Å². The number of rotatable bonds is 5. The van der Waals surface area contributed by atoms with Crippen LogP contribution in [0.4, 0.5) is 11.4 Å². The first kappa shape index (κ1) is 27.4. The zero-order valence-electron chi connectivity index (χ0n) is 22.5. The summed E-state index contributed by atoms with van der Waals surface area (Å²) >= 11 is 17.1. The number of carbonyl (C=O) groups excluding carboxylic acids is 3. The number of nitrogens with one attached hydrogen (secondary N) is 1. The maximum Gasteiger partial charge on any atom is 0.261 e. The van der Waals surface area contributed by atoms with Gasteiger partial charge in [0.25, 0.3) is 11.8 Å². The number of hydrogen-bond donors (Lipinski definition) is 1. The predicted octanol–water partition coefficient (Wildman–Crippen LogP) is 6.18. The van der Waals surface area contributed by atoms with Crippen molar-refractivity contribution in [3.63, 3.8) is 0 Å². The average Bonchev–Trinajstić information content (AvgIpc) is 3.58. The van der Waals surface area contributed by atoms with Gasteiger partial charge in [0.15, 0.2) is 5.90 Å². The fourth-order valence-corrected chi connectivity index (χ4v) is 8.55. The van der Waals surface area contributed by atoms with E-state index in [9.17, 15) is 14.4 Å². The number of aliphatic imine (C=N–C) groups is 1. The molecule has 3 aromatic carbocycles. The Labute approximate surface area is 260 Å². The van der Waals surface area contributed by atoms with Crippen molar-refractivity contribution in [2.24, 2.45) is 4.99 Å². The number of halogens is 3. The van der Waals surface area contributed by atoms with Crippen molar-refractivity contribution in [3.8, 4) is 0 Å². The van der Waals surface area contributed by atoms with E-state index in [0.29, 0.717) is 52.3 Å². The normalized spacial score (nSPS) is 25.1. The SMILES string of the molecule is CCOC1=NCC[C@]12c1ccc(Br)cc1N[C@H]1N(C=O)c3c(Cl)cc(Cl)cc3[C@]12CCN1C(=O)c2ccccc2C1=O. The molecule has 0 aromatic heterocycles. The summed E-state index contributed by atoms with van der Waals surface area (Å²) in [6.45, 7) is 2.89. The van der Waals surface area contributed by atoms with E-state index in [1.807, 2.05) is 31.2 Å². The Morgan fingerprint density at radius 1 is 1.10 bits per heavy atom. The van der Waals surface area contributed by atoms with E-state index >= 15 is 0 Å². The Bertz CT molecular complexity index is 1700. The summed E-state index contributed by atoms with van der Waals surface area (Å²) in [6, 6.07) is 16.3. The van der Waals surface area contributed by atoms with Gasteiger partial charge in [0.1, 0.15) is 6.17 Å². The second-order valence-electron chi connectivity index (χ2n) is 10.8. The average molecular weight is 668 g/mol. The Kier molecular flexibility index (Phi) is 6.42. The standard InChI is InChI=1S/C31H25BrCl2N4O4/c1-2-42-29-31(9-11-35-29)21-8-7-17(32)13-24(21)36-28-30(31,22-14-18(33)15-23(34)25(22)38(28)16-39)10-12-37-26(40)19-5-3-4-6-20(19)27(37)41/h3-8,13-16,28,36H,2,9-12H2,1H3/t28-,30+,31-/m0/s1. The summed E-state index contributed by atoms with van der Waals surface area (Å²) in [7, 11) is 0. The molecule has 3 aromatic rings. The fraction of sp³-hybridized carbons (Fsp3) is 0.290. The monoisotopic (exact) mass is 666 g/mol. The maximum absolute atomic E-state index is 13.5. The van der Waals surface area contributed by atoms with E-state index in [2.05, 4.69) is 21.2 Å². The van der Waals surface area contributed by atoms with Crippen molar-refractivity contribution >= 4 is 74.6 Å². The van der Waals surface area contributed by atoms with Crippen LogP contribution in [-0.2, 0) is 20.4 Å². The molecule has 0 unspecified atom stereocenters. The van der Waals surface area contributed by atoms with Crippen LogP contribution in [0.2, 0.25) is 10.0 Å². The molecule has 3 atom stereocenters. The molecular formula is C31H25BrCl2N4O4. The Balaban J connectivity index is 1.49. The summed E-state index contributed by atoms with van der Waals surface area (Å²) in [6.07, 6.45) is 0.976. The third-order valence-corrected chi connectivity index (χ3v) is 10.1. The van der Waals surface area contributed by atoms with E-state index in [1.54, 1.807) is 35.2 Å². The molecule has 0 radical (unpaired) electrons. The maximum atomic E-state index is 13.5. The number of hydrogen-bond acceptors (Lipinski definition) is 6. The molecule has 1 N–H and O–H groups in total. The topological polar surface area (TPSA) is 91.3 Å². The highest BCUT2D eigenvalue weighted by molar-refractivity contribution is 9.10. The molecule has 1 spiro atoms. The van der Waals surface area contributed by atoms with Crippen molar-refractivity contribution in [1.29, 1.82) is 0 Å². The summed E-state index contributed by atoms with van der Waals surface area (Å²) in [5.41, 5.74) is 1.97. The van der Waals surface area contributed by atoms with Gasteiger partial charge in [0, 0.05) is 28.3 Å². The lowest BCUT2D eigenvalue weighted by Crippen LogP contribution is -2.66. The summed E-state index contributed by atoms with van der Waals surface area (Å²) in [5.74, 6) is -0.131. The molecule has 8 nitrogen and oxygen atoms in total. The minimum atomic E-state index is -0.974. The molecule has 0 saturated carbocycles. The fourth-order valence-electron chi connectivity index (χ4n) is 7.60. The van der Waals surface area contributed by atoms with Crippen LogP contribution in [0.1, 0.15) is 51.6 Å². The summed E-state index contributed by atoms with van der Waals surface area (Å²) in [5, 5.41) is 4.37. The first-order valence-corrected chi connectivity index (χ1v) is 15.3. The van der Waals surface area contributed by atoms with Gasteiger partial charge in [0.05, 0.1) is 39.3 Å². The highest BCUT2D eigenvalue weighted by atomic mass is 79.9. The lowest BCUT2D eigenvalue weighted by atomic mass is 9.52. The second kappa shape index (κ2) is 9.82. The van der Waals surface area contributed by atoms with Crippen molar-refractivity contribution in [3.05, 3.63) is 91.4 Å². The number of nitrogens with zero attached hydrogens (tertiary/aromatic N) is 3. The molecule has 4 heterocycles. The number of anilines is 2. The largest absolute Gasteiger partial charge is 0.481 e. The van der Waals surface area contributed by atoms with Crippen molar-refractivity contribution in [2.45, 2.75) is 36.8 Å². The minimum absolute atomic E-state index is 0.0911. The molecule has 0 aliphatic carbocycles. The molecule has 42 heavy (non-hydrogen) atoms. The minimum Gasteiger partial charge on any atom is -0.481 e. The van der Waals surface area contributed by atoms with Crippen LogP contribution in [0.15, 0.2) is 64.1 Å². The quantitative estimate of drug-likeness (QED) is 0.259. The van der Waals surface area contributed by atoms with Gasteiger partial charge in [-0.1, -0.05) is 57.3 Å². The van der Waals surface area contributed by atoms with Gasteiger partial charge in [-0.3, -0.25) is 29.2 Å². The number of benzene rings is 3. The second-order valence-corrected chi connectivity index (χ2v) is 12.6. The van der Waals surface area contributed by atoms with Crippen LogP contribution in [0.5, 0.6) is 0 Å². The van der Waals surface area contributed by atoms with E-state index in [4.69, 9.17) is 32.9 Å². The van der Waals surface area contributed by atoms with Gasteiger partial charge >= 0.3 is 0 Å². The molecule has 0 bridgehead atoms. The van der Waals surface area contributed by atoms with Gasteiger partial charge in [-0.2, -0.15) is 0 Å². The van der Waals surface area contributed by atoms with Gasteiger partial charge in [-0.15, -0.1) is 0 Å². The van der Waals surface area contributed by atoms with E-state index in [0.717, 1.165) is 27.7 Å². The Hall–Kier alpha value is -3.40. The first-order valence-electron chi connectivity index (χ1n) is 13.7. The van der Waals surface area contributed by atoms with Crippen molar-refractivity contribution in [1.82, 2.24) is 4.90 Å². The highest BCUT2D eigenvalue weighted by Crippen LogP contribution is 2.65. The third kappa shape index (κ3) is 3.47. The molecule has 4 aliphatic rings. The molecule has 7 rings (SSSR count). The van der Waals surface area contributed by atoms with E-state index in [1.165, 1.54) is 4.90 Å². The van der Waals surface area contributed by atoms with Gasteiger partial charge in [-0.05, 0) is 67.3 Å². The van der Waals surface area contributed by atoms with Crippen LogP contribution in [0.25, 0.3) is 0 Å². The number of carbonyl (C=O) groups is 3. The number of ether oxygens (including phenoxy) is 1. The van der Waals surface area contributed by atoms with Gasteiger partial charge < -0.3 is 10.1 Å². The van der Waals surface area contributed by atoms with Gasteiger partial charge in [0.2, 0.25) is 6.41 Å². The lowest BCUT2D eigenvalue weighted by Gasteiger charge is -2.55. The van der Waals surface area contributed by atoms with Crippen LogP contribution < -0.4 is 10.2 Å². The Morgan fingerprint density at radius 3 is 2.52 bits per heavy atom. The number of imide groups is 1. The first-order chi connectivity index (χ1) is 20.3. The molecule has 0 saturated heterocycles. The van der Waals surface area contributed by atoms with E-state index < -0.39 is 17.0 Å². The van der Waals surface area contributed by atoms with Gasteiger partial charge in [-0.25, -0.2) is 0 Å². The molecule has 4 aliphatic heterocycles. The predicted molar refractivity (Wildman–Crippen MR) is 165 cm³/mol.